The Morgan fingerprint density at radius 1 is 1.07 bits per heavy atom. The van der Waals surface area contributed by atoms with Gasteiger partial charge in [-0.3, -0.25) is 14.5 Å². The standard InChI is InChI=1S/C21H30N2O3.ClH/c24-19(14-21(15-20(25)26)10-4-5-11-21)22-18-8-12-23(13-9-18)16-17-6-2-1-3-7-17;/h1-3,6-7,18H,4-5,8-16H2,(H,22,24)(H,25,26);1H. The van der Waals surface area contributed by atoms with Gasteiger partial charge in [0.15, 0.2) is 0 Å². The van der Waals surface area contributed by atoms with Crippen LogP contribution >= 0.6 is 12.4 Å². The summed E-state index contributed by atoms with van der Waals surface area (Å²) < 4.78 is 0. The quantitative estimate of drug-likeness (QED) is 0.741. The highest BCUT2D eigenvalue weighted by molar-refractivity contribution is 5.85. The molecule has 150 valence electrons. The minimum atomic E-state index is -0.783. The van der Waals surface area contributed by atoms with Crippen LogP contribution in [0.1, 0.15) is 56.9 Å². The van der Waals surface area contributed by atoms with Crippen molar-refractivity contribution >= 4 is 24.3 Å². The number of aliphatic carboxylic acids is 1. The third kappa shape index (κ3) is 6.51. The molecule has 1 aromatic carbocycles. The number of likely N-dealkylation sites (tertiary alicyclic amines) is 1. The summed E-state index contributed by atoms with van der Waals surface area (Å²) in [6, 6.07) is 10.7. The van der Waals surface area contributed by atoms with E-state index in [1.54, 1.807) is 0 Å². The van der Waals surface area contributed by atoms with Gasteiger partial charge in [0.05, 0.1) is 6.42 Å². The van der Waals surface area contributed by atoms with Gasteiger partial charge in [-0.15, -0.1) is 12.4 Å². The van der Waals surface area contributed by atoms with Crippen molar-refractivity contribution in [2.45, 2.75) is 64.0 Å². The molecule has 27 heavy (non-hydrogen) atoms. The van der Waals surface area contributed by atoms with Crippen molar-refractivity contribution in [3.63, 3.8) is 0 Å². The minimum absolute atomic E-state index is 0. The maximum absolute atomic E-state index is 12.5. The average molecular weight is 395 g/mol. The van der Waals surface area contributed by atoms with Crippen LogP contribution in [0.15, 0.2) is 30.3 Å². The fraction of sp³-hybridized carbons (Fsp3) is 0.619. The number of hydrogen-bond acceptors (Lipinski definition) is 3. The number of hydrogen-bond donors (Lipinski definition) is 2. The highest BCUT2D eigenvalue weighted by Crippen LogP contribution is 2.44. The van der Waals surface area contributed by atoms with E-state index in [2.05, 4.69) is 34.5 Å². The Hall–Kier alpha value is -1.59. The zero-order valence-electron chi connectivity index (χ0n) is 15.9. The molecule has 6 heteroatoms. The largest absolute Gasteiger partial charge is 0.481 e. The van der Waals surface area contributed by atoms with Crippen molar-refractivity contribution in [3.8, 4) is 0 Å². The average Bonchev–Trinajstić information content (AvgIpc) is 3.04. The van der Waals surface area contributed by atoms with Crippen LogP contribution < -0.4 is 5.32 Å². The van der Waals surface area contributed by atoms with Crippen molar-refractivity contribution in [3.05, 3.63) is 35.9 Å². The maximum Gasteiger partial charge on any atom is 0.303 e. The molecule has 1 aromatic rings. The molecule has 0 unspecified atom stereocenters. The number of carboxylic acids is 1. The van der Waals surface area contributed by atoms with Gasteiger partial charge in [0.25, 0.3) is 0 Å². The van der Waals surface area contributed by atoms with Crippen LogP contribution in [0.4, 0.5) is 0 Å². The molecular formula is C21H31ClN2O3. The number of amides is 1. The molecule has 1 aliphatic carbocycles. The summed E-state index contributed by atoms with van der Waals surface area (Å²) in [6.07, 6.45) is 6.22. The Bertz CT molecular complexity index is 609. The summed E-state index contributed by atoms with van der Waals surface area (Å²) in [7, 11) is 0. The molecule has 2 N–H and O–H groups in total. The number of benzene rings is 1. The van der Waals surface area contributed by atoms with Gasteiger partial charge in [-0.1, -0.05) is 43.2 Å². The van der Waals surface area contributed by atoms with Crippen LogP contribution in [0.2, 0.25) is 0 Å². The Labute approximate surface area is 167 Å². The molecule has 0 bridgehead atoms. The predicted octanol–water partition coefficient (Wildman–Crippen LogP) is 3.61. The number of carboxylic acid groups (broad SMARTS) is 1. The van der Waals surface area contributed by atoms with Crippen molar-refractivity contribution in [1.29, 1.82) is 0 Å². The lowest BCUT2D eigenvalue weighted by molar-refractivity contribution is -0.140. The number of rotatable bonds is 7. The first-order chi connectivity index (χ1) is 12.5. The van der Waals surface area contributed by atoms with Crippen LogP contribution in [-0.4, -0.2) is 41.0 Å². The lowest BCUT2D eigenvalue weighted by Crippen LogP contribution is -2.45. The molecule has 1 amide bonds. The van der Waals surface area contributed by atoms with Crippen LogP contribution in [0.5, 0.6) is 0 Å². The number of nitrogens with zero attached hydrogens (tertiary/aromatic N) is 1. The van der Waals surface area contributed by atoms with Crippen LogP contribution in [-0.2, 0) is 16.1 Å². The van der Waals surface area contributed by atoms with Gasteiger partial charge in [0.2, 0.25) is 5.91 Å². The second kappa shape index (κ2) is 10.1. The third-order valence-electron chi connectivity index (χ3n) is 5.93. The summed E-state index contributed by atoms with van der Waals surface area (Å²) >= 11 is 0. The molecule has 2 fully saturated rings. The van der Waals surface area contributed by atoms with E-state index in [0.717, 1.165) is 58.2 Å². The van der Waals surface area contributed by atoms with E-state index in [0.29, 0.717) is 6.42 Å². The summed E-state index contributed by atoms with van der Waals surface area (Å²) in [6.45, 7) is 2.93. The molecular weight excluding hydrogens is 364 g/mol. The van der Waals surface area contributed by atoms with E-state index in [-0.39, 0.29) is 36.2 Å². The monoisotopic (exact) mass is 394 g/mol. The second-order valence-electron chi connectivity index (χ2n) is 8.06. The second-order valence-corrected chi connectivity index (χ2v) is 8.06. The Morgan fingerprint density at radius 3 is 2.30 bits per heavy atom. The van der Waals surface area contributed by atoms with Gasteiger partial charge in [-0.2, -0.15) is 0 Å². The number of piperidine rings is 1. The first kappa shape index (κ1) is 21.7. The molecule has 1 heterocycles. The fourth-order valence-corrected chi connectivity index (χ4v) is 4.56. The normalized spacial score (nSPS) is 20.0. The van der Waals surface area contributed by atoms with E-state index in [1.807, 2.05) is 6.07 Å². The lowest BCUT2D eigenvalue weighted by atomic mass is 9.79. The Balaban J connectivity index is 0.00000261. The predicted molar refractivity (Wildman–Crippen MR) is 108 cm³/mol. The Kier molecular flexibility index (Phi) is 8.11. The summed E-state index contributed by atoms with van der Waals surface area (Å²) in [5, 5.41) is 12.4. The van der Waals surface area contributed by atoms with Gasteiger partial charge < -0.3 is 10.4 Å². The highest BCUT2D eigenvalue weighted by atomic mass is 35.5. The summed E-state index contributed by atoms with van der Waals surface area (Å²) in [5.74, 6) is -0.747. The summed E-state index contributed by atoms with van der Waals surface area (Å²) in [4.78, 5) is 26.1. The molecule has 1 saturated heterocycles. The van der Waals surface area contributed by atoms with E-state index in [1.165, 1.54) is 5.56 Å². The smallest absolute Gasteiger partial charge is 0.303 e. The molecule has 0 radical (unpaired) electrons. The van der Waals surface area contributed by atoms with E-state index in [9.17, 15) is 14.7 Å². The number of nitrogens with one attached hydrogen (secondary N) is 1. The first-order valence-corrected chi connectivity index (χ1v) is 9.82. The topological polar surface area (TPSA) is 69.6 Å². The number of carbonyl (C=O) groups excluding carboxylic acids is 1. The van der Waals surface area contributed by atoms with Gasteiger partial charge in [-0.25, -0.2) is 0 Å². The molecule has 2 aliphatic rings. The van der Waals surface area contributed by atoms with E-state index < -0.39 is 5.97 Å². The highest BCUT2D eigenvalue weighted by Gasteiger charge is 2.38. The zero-order valence-corrected chi connectivity index (χ0v) is 16.7. The van der Waals surface area contributed by atoms with Crippen LogP contribution in [0.25, 0.3) is 0 Å². The maximum atomic E-state index is 12.5. The minimum Gasteiger partial charge on any atom is -0.481 e. The molecule has 1 saturated carbocycles. The van der Waals surface area contributed by atoms with E-state index in [4.69, 9.17) is 0 Å². The van der Waals surface area contributed by atoms with Gasteiger partial charge in [0, 0.05) is 32.1 Å². The molecule has 3 rings (SSSR count). The van der Waals surface area contributed by atoms with Crippen LogP contribution in [0, 0.1) is 5.41 Å². The van der Waals surface area contributed by atoms with E-state index >= 15 is 0 Å². The van der Waals surface area contributed by atoms with Crippen molar-refractivity contribution in [1.82, 2.24) is 10.2 Å². The molecule has 0 atom stereocenters. The number of carbonyl (C=O) groups is 2. The first-order valence-electron chi connectivity index (χ1n) is 9.82. The van der Waals surface area contributed by atoms with Gasteiger partial charge >= 0.3 is 5.97 Å². The number of halogens is 1. The lowest BCUT2D eigenvalue weighted by Gasteiger charge is -2.33. The molecule has 0 aromatic heterocycles. The van der Waals surface area contributed by atoms with Crippen molar-refractivity contribution in [2.75, 3.05) is 13.1 Å². The van der Waals surface area contributed by atoms with Gasteiger partial charge in [0.1, 0.15) is 0 Å². The molecule has 0 spiro atoms. The van der Waals surface area contributed by atoms with Crippen molar-refractivity contribution < 1.29 is 14.7 Å². The fourth-order valence-electron chi connectivity index (χ4n) is 4.56. The zero-order chi connectivity index (χ0) is 18.4. The van der Waals surface area contributed by atoms with Gasteiger partial charge in [-0.05, 0) is 36.7 Å². The molecule has 1 aliphatic heterocycles. The summed E-state index contributed by atoms with van der Waals surface area (Å²) in [5.41, 5.74) is 1.01. The van der Waals surface area contributed by atoms with Crippen LogP contribution in [0.3, 0.4) is 0 Å². The Morgan fingerprint density at radius 2 is 1.70 bits per heavy atom. The van der Waals surface area contributed by atoms with Crippen molar-refractivity contribution in [2.24, 2.45) is 5.41 Å². The SMILES string of the molecule is Cl.O=C(O)CC1(CC(=O)NC2CCN(Cc3ccccc3)CC2)CCCC1. The third-order valence-corrected chi connectivity index (χ3v) is 5.93. The molecule has 5 nitrogen and oxygen atoms in total.